The summed E-state index contributed by atoms with van der Waals surface area (Å²) in [5.74, 6) is -0.457. The summed E-state index contributed by atoms with van der Waals surface area (Å²) in [5.41, 5.74) is 10.7. The molecule has 1 rings (SSSR count). The lowest BCUT2D eigenvalue weighted by molar-refractivity contribution is 0.627. The average molecular weight is 180 g/mol. The number of hydrogen-bond acceptors (Lipinski definition) is 2. The van der Waals surface area contributed by atoms with Crippen molar-refractivity contribution in [1.82, 2.24) is 0 Å². The van der Waals surface area contributed by atoms with E-state index in [0.29, 0.717) is 5.56 Å². The minimum Gasteiger partial charge on any atom is -0.369 e. The minimum absolute atomic E-state index is 0.132. The Kier molecular flexibility index (Phi) is 2.97. The van der Waals surface area contributed by atoms with Gasteiger partial charge in [-0.2, -0.15) is 5.10 Å². The fraction of sp³-hybridized carbons (Fsp3) is 0. The molecular weight excluding hydrogens is 171 g/mol. The average Bonchev–Trinajstić information content (AvgIpc) is 2.03. The molecule has 0 aliphatic heterocycles. The number of guanidine groups is 1. The van der Waals surface area contributed by atoms with Crippen LogP contribution < -0.4 is 11.5 Å². The van der Waals surface area contributed by atoms with Crippen molar-refractivity contribution in [1.29, 1.82) is 0 Å². The van der Waals surface area contributed by atoms with Crippen LogP contribution in [0.2, 0.25) is 0 Å². The molecule has 0 spiro atoms. The second kappa shape index (κ2) is 4.20. The summed E-state index contributed by atoms with van der Waals surface area (Å²) in [5, 5.41) is 6.90. The first-order valence-corrected chi connectivity index (χ1v) is 3.56. The molecule has 4 nitrogen and oxygen atoms in total. The van der Waals surface area contributed by atoms with Crippen molar-refractivity contribution in [2.45, 2.75) is 0 Å². The quantitative estimate of drug-likeness (QED) is 0.393. The molecule has 0 atom stereocenters. The fourth-order valence-electron chi connectivity index (χ4n) is 0.749. The van der Waals surface area contributed by atoms with E-state index in [1.807, 2.05) is 0 Å². The molecule has 0 saturated heterocycles. The summed E-state index contributed by atoms with van der Waals surface area (Å²) in [6.45, 7) is 0. The van der Waals surface area contributed by atoms with Crippen LogP contribution in [0.4, 0.5) is 4.39 Å². The Morgan fingerprint density at radius 2 is 2.15 bits per heavy atom. The Hall–Kier alpha value is -1.91. The molecule has 0 aliphatic rings. The largest absolute Gasteiger partial charge is 0.369 e. The highest BCUT2D eigenvalue weighted by Gasteiger charge is 1.89. The highest BCUT2D eigenvalue weighted by Crippen LogP contribution is 2.00. The van der Waals surface area contributed by atoms with Gasteiger partial charge in [-0.05, 0) is 17.7 Å². The van der Waals surface area contributed by atoms with E-state index in [0.717, 1.165) is 0 Å². The predicted octanol–water partition coefficient (Wildman–Crippen LogP) is 0.433. The van der Waals surface area contributed by atoms with Gasteiger partial charge >= 0.3 is 0 Å². The number of nitrogens with two attached hydrogens (primary N) is 2. The van der Waals surface area contributed by atoms with Gasteiger partial charge in [0.2, 0.25) is 5.96 Å². The molecule has 0 unspecified atom stereocenters. The van der Waals surface area contributed by atoms with Gasteiger partial charge in [0.15, 0.2) is 0 Å². The lowest BCUT2D eigenvalue weighted by Gasteiger charge is -1.90. The van der Waals surface area contributed by atoms with E-state index in [1.54, 1.807) is 12.1 Å². The van der Waals surface area contributed by atoms with Crippen molar-refractivity contribution in [3.63, 3.8) is 0 Å². The normalized spacial score (nSPS) is 10.2. The van der Waals surface area contributed by atoms with Crippen LogP contribution in [0.1, 0.15) is 5.56 Å². The highest BCUT2D eigenvalue weighted by atomic mass is 19.1. The van der Waals surface area contributed by atoms with Crippen molar-refractivity contribution in [2.24, 2.45) is 21.7 Å². The summed E-state index contributed by atoms with van der Waals surface area (Å²) in [7, 11) is 0. The van der Waals surface area contributed by atoms with Crippen molar-refractivity contribution in [2.75, 3.05) is 0 Å². The monoisotopic (exact) mass is 180 g/mol. The van der Waals surface area contributed by atoms with Crippen LogP contribution >= 0.6 is 0 Å². The molecule has 4 N–H and O–H groups in total. The zero-order chi connectivity index (χ0) is 9.68. The topological polar surface area (TPSA) is 76.8 Å². The maximum atomic E-state index is 12.6. The van der Waals surface area contributed by atoms with Crippen LogP contribution in [0, 0.1) is 5.82 Å². The van der Waals surface area contributed by atoms with E-state index < -0.39 is 0 Å². The number of benzene rings is 1. The van der Waals surface area contributed by atoms with Gasteiger partial charge in [-0.1, -0.05) is 12.1 Å². The van der Waals surface area contributed by atoms with Gasteiger partial charge in [0.25, 0.3) is 0 Å². The third-order valence-corrected chi connectivity index (χ3v) is 1.23. The number of halogens is 1. The van der Waals surface area contributed by atoms with Gasteiger partial charge in [0.1, 0.15) is 5.82 Å². The summed E-state index contributed by atoms with van der Waals surface area (Å²) in [6, 6.07) is 5.94. The molecular formula is C8H9FN4. The summed E-state index contributed by atoms with van der Waals surface area (Å²) < 4.78 is 12.6. The first-order chi connectivity index (χ1) is 6.18. The zero-order valence-electron chi connectivity index (χ0n) is 6.81. The second-order valence-corrected chi connectivity index (χ2v) is 2.32. The molecule has 0 fully saturated rings. The second-order valence-electron chi connectivity index (χ2n) is 2.32. The summed E-state index contributed by atoms with van der Waals surface area (Å²) >= 11 is 0. The molecule has 0 heterocycles. The number of hydrogen-bond donors (Lipinski definition) is 2. The van der Waals surface area contributed by atoms with Gasteiger partial charge in [-0.15, -0.1) is 5.10 Å². The number of nitrogens with zero attached hydrogens (tertiary/aromatic N) is 2. The Morgan fingerprint density at radius 1 is 1.38 bits per heavy atom. The maximum Gasteiger partial charge on any atom is 0.211 e. The van der Waals surface area contributed by atoms with E-state index in [1.165, 1.54) is 18.3 Å². The van der Waals surface area contributed by atoms with Crippen LogP contribution in [0.25, 0.3) is 0 Å². The molecule has 0 bridgehead atoms. The molecule has 0 aliphatic carbocycles. The van der Waals surface area contributed by atoms with Crippen LogP contribution in [0.3, 0.4) is 0 Å². The Morgan fingerprint density at radius 3 is 2.77 bits per heavy atom. The molecule has 0 amide bonds. The minimum atomic E-state index is -0.325. The summed E-state index contributed by atoms with van der Waals surface area (Å²) in [4.78, 5) is 0. The number of rotatable bonds is 2. The van der Waals surface area contributed by atoms with Gasteiger partial charge < -0.3 is 11.5 Å². The molecule has 1 aromatic carbocycles. The van der Waals surface area contributed by atoms with E-state index in [4.69, 9.17) is 11.5 Å². The predicted molar refractivity (Wildman–Crippen MR) is 49.8 cm³/mol. The molecule has 0 aromatic heterocycles. The third-order valence-electron chi connectivity index (χ3n) is 1.23. The smallest absolute Gasteiger partial charge is 0.211 e. The highest BCUT2D eigenvalue weighted by molar-refractivity contribution is 5.81. The van der Waals surface area contributed by atoms with E-state index in [-0.39, 0.29) is 11.8 Å². The van der Waals surface area contributed by atoms with Crippen molar-refractivity contribution in [3.05, 3.63) is 35.6 Å². The van der Waals surface area contributed by atoms with Gasteiger partial charge in [0, 0.05) is 0 Å². The van der Waals surface area contributed by atoms with E-state index in [2.05, 4.69) is 10.2 Å². The lowest BCUT2D eigenvalue weighted by atomic mass is 10.2. The van der Waals surface area contributed by atoms with Gasteiger partial charge in [-0.25, -0.2) is 4.39 Å². The summed E-state index contributed by atoms with van der Waals surface area (Å²) in [6.07, 6.45) is 1.36. The Bertz CT molecular complexity index is 342. The van der Waals surface area contributed by atoms with Gasteiger partial charge in [0.05, 0.1) is 6.21 Å². The van der Waals surface area contributed by atoms with Gasteiger partial charge in [-0.3, -0.25) is 0 Å². The first-order valence-electron chi connectivity index (χ1n) is 3.56. The molecule has 0 radical (unpaired) electrons. The molecule has 1 aromatic rings. The standard InChI is InChI=1S/C8H9FN4/c9-7-3-1-2-6(4-7)5-12-13-8(10)11/h1-5H,(H4,10,11,13)/b12-5-. The van der Waals surface area contributed by atoms with Crippen molar-refractivity contribution < 1.29 is 4.39 Å². The third kappa shape index (κ3) is 3.33. The Balaban J connectivity index is 2.75. The fourth-order valence-corrected chi connectivity index (χ4v) is 0.749. The van der Waals surface area contributed by atoms with E-state index in [9.17, 15) is 4.39 Å². The zero-order valence-corrected chi connectivity index (χ0v) is 6.81. The molecule has 0 saturated carbocycles. The van der Waals surface area contributed by atoms with Crippen molar-refractivity contribution in [3.8, 4) is 0 Å². The first kappa shape index (κ1) is 9.18. The van der Waals surface area contributed by atoms with Crippen LogP contribution in [-0.4, -0.2) is 12.2 Å². The SMILES string of the molecule is NC(N)=N/N=C\c1cccc(F)c1. The van der Waals surface area contributed by atoms with Crippen LogP contribution in [-0.2, 0) is 0 Å². The van der Waals surface area contributed by atoms with Crippen LogP contribution in [0.15, 0.2) is 34.5 Å². The lowest BCUT2D eigenvalue weighted by Crippen LogP contribution is -2.21. The van der Waals surface area contributed by atoms with Crippen molar-refractivity contribution >= 4 is 12.2 Å². The molecule has 13 heavy (non-hydrogen) atoms. The maximum absolute atomic E-state index is 12.6. The molecule has 68 valence electrons. The van der Waals surface area contributed by atoms with E-state index >= 15 is 0 Å². The molecule has 5 heteroatoms. The van der Waals surface area contributed by atoms with Crippen LogP contribution in [0.5, 0.6) is 0 Å². The Labute approximate surface area is 74.8 Å².